The first-order valence-corrected chi connectivity index (χ1v) is 6.53. The molecule has 1 heterocycles. The molecule has 1 aromatic heterocycles. The maximum absolute atomic E-state index is 13.7. The minimum absolute atomic E-state index is 0.0203. The summed E-state index contributed by atoms with van der Waals surface area (Å²) in [7, 11) is 0. The first-order chi connectivity index (χ1) is 8.59. The summed E-state index contributed by atoms with van der Waals surface area (Å²) in [5.74, 6) is -1.10. The minimum Gasteiger partial charge on any atom is -0.321 e. The fourth-order valence-corrected chi connectivity index (χ4v) is 2.06. The van der Waals surface area contributed by atoms with E-state index in [1.807, 2.05) is 0 Å². The van der Waals surface area contributed by atoms with Crippen LogP contribution in [0.4, 0.5) is 10.1 Å². The van der Waals surface area contributed by atoms with Crippen LogP contribution in [-0.2, 0) is 0 Å². The lowest BCUT2D eigenvalue weighted by Gasteiger charge is -2.08. The van der Waals surface area contributed by atoms with Crippen LogP contribution < -0.4 is 5.32 Å². The Hall–Kier alpha value is -1.27. The number of halogens is 3. The number of anilines is 1. The number of carbonyl (C=O) groups excluding carboxylic acids is 1. The van der Waals surface area contributed by atoms with E-state index in [1.165, 1.54) is 18.3 Å². The van der Waals surface area contributed by atoms with Crippen LogP contribution in [0.5, 0.6) is 0 Å². The lowest BCUT2D eigenvalue weighted by atomic mass is 10.2. The molecule has 0 fully saturated rings. The molecule has 0 saturated heterocycles. The third-order valence-electron chi connectivity index (χ3n) is 2.22. The molecule has 0 aliphatic heterocycles. The number of nitrogens with zero attached hydrogens (tertiary/aromatic N) is 1. The first-order valence-electron chi connectivity index (χ1n) is 4.94. The summed E-state index contributed by atoms with van der Waals surface area (Å²) >= 11 is 6.29. The van der Waals surface area contributed by atoms with Crippen molar-refractivity contribution >= 4 is 43.5 Å². The molecule has 0 spiro atoms. The van der Waals surface area contributed by atoms with Gasteiger partial charge in [-0.15, -0.1) is 0 Å². The van der Waals surface area contributed by atoms with Gasteiger partial charge in [-0.3, -0.25) is 9.78 Å². The van der Waals surface area contributed by atoms with E-state index < -0.39 is 11.7 Å². The number of pyridine rings is 1. The zero-order valence-corrected chi connectivity index (χ0v) is 12.1. The van der Waals surface area contributed by atoms with Crippen LogP contribution in [0.2, 0.25) is 0 Å². The van der Waals surface area contributed by atoms with E-state index in [0.717, 1.165) is 0 Å². The highest BCUT2D eigenvalue weighted by Crippen LogP contribution is 2.23. The summed E-state index contributed by atoms with van der Waals surface area (Å²) in [6, 6.07) is 6.18. The Balaban J connectivity index is 2.28. The van der Waals surface area contributed by atoms with Gasteiger partial charge in [-0.1, -0.05) is 6.07 Å². The predicted octanol–water partition coefficient (Wildman–Crippen LogP) is 4.00. The molecule has 2 aromatic rings. The average Bonchev–Trinajstić information content (AvgIpc) is 2.35. The third kappa shape index (κ3) is 2.76. The molecule has 3 nitrogen and oxygen atoms in total. The van der Waals surface area contributed by atoms with Gasteiger partial charge in [-0.05, 0) is 50.1 Å². The zero-order chi connectivity index (χ0) is 13.1. The van der Waals surface area contributed by atoms with Crippen molar-refractivity contribution in [2.24, 2.45) is 0 Å². The molecule has 0 aliphatic carbocycles. The van der Waals surface area contributed by atoms with Crippen molar-refractivity contribution in [3.05, 3.63) is 57.0 Å². The molecular weight excluding hydrogens is 367 g/mol. The Labute approximate surface area is 120 Å². The number of amides is 1. The third-order valence-corrected chi connectivity index (χ3v) is 3.46. The largest absolute Gasteiger partial charge is 0.321 e. The number of nitrogens with one attached hydrogen (secondary N) is 1. The molecule has 0 saturated carbocycles. The van der Waals surface area contributed by atoms with Crippen molar-refractivity contribution in [3.63, 3.8) is 0 Å². The number of hydrogen-bond donors (Lipinski definition) is 1. The van der Waals surface area contributed by atoms with Gasteiger partial charge >= 0.3 is 0 Å². The summed E-state index contributed by atoms with van der Waals surface area (Å²) in [4.78, 5) is 15.8. The molecule has 2 rings (SSSR count). The second-order valence-corrected chi connectivity index (χ2v) is 5.12. The molecule has 0 radical (unpaired) electrons. The van der Waals surface area contributed by atoms with E-state index in [0.29, 0.717) is 10.2 Å². The van der Waals surface area contributed by atoms with Crippen molar-refractivity contribution in [1.29, 1.82) is 0 Å². The Morgan fingerprint density at radius 2 is 2.00 bits per heavy atom. The van der Waals surface area contributed by atoms with Gasteiger partial charge in [0.1, 0.15) is 5.82 Å². The predicted molar refractivity (Wildman–Crippen MR) is 74.0 cm³/mol. The number of hydrogen-bond acceptors (Lipinski definition) is 2. The van der Waals surface area contributed by atoms with Gasteiger partial charge < -0.3 is 5.32 Å². The quantitative estimate of drug-likeness (QED) is 0.864. The van der Waals surface area contributed by atoms with E-state index in [4.69, 9.17) is 0 Å². The molecule has 0 atom stereocenters. The maximum atomic E-state index is 13.7. The molecule has 6 heteroatoms. The highest BCUT2D eigenvalue weighted by atomic mass is 79.9. The number of benzene rings is 1. The Kier molecular flexibility index (Phi) is 4.08. The smallest absolute Gasteiger partial charge is 0.258 e. The molecular formula is C12H7Br2FN2O. The highest BCUT2D eigenvalue weighted by Gasteiger charge is 2.14. The van der Waals surface area contributed by atoms with Crippen molar-refractivity contribution in [1.82, 2.24) is 4.98 Å². The van der Waals surface area contributed by atoms with Gasteiger partial charge in [-0.25, -0.2) is 4.39 Å². The summed E-state index contributed by atoms with van der Waals surface area (Å²) in [5, 5.41) is 2.61. The number of rotatable bonds is 2. The fraction of sp³-hybridized carbons (Fsp3) is 0. The SMILES string of the molecule is O=C(Nc1ccncc1Br)c1cccc(Br)c1F. The van der Waals surface area contributed by atoms with E-state index in [9.17, 15) is 9.18 Å². The van der Waals surface area contributed by atoms with Crippen molar-refractivity contribution in [2.75, 3.05) is 5.32 Å². The van der Waals surface area contributed by atoms with Gasteiger partial charge in [0.15, 0.2) is 0 Å². The van der Waals surface area contributed by atoms with Crippen LogP contribution in [-0.4, -0.2) is 10.9 Å². The van der Waals surface area contributed by atoms with Gasteiger partial charge in [0.2, 0.25) is 0 Å². The van der Waals surface area contributed by atoms with Crippen LogP contribution in [0, 0.1) is 5.82 Å². The van der Waals surface area contributed by atoms with E-state index in [2.05, 4.69) is 42.2 Å². The van der Waals surface area contributed by atoms with Crippen molar-refractivity contribution in [2.45, 2.75) is 0 Å². The molecule has 0 unspecified atom stereocenters. The van der Waals surface area contributed by atoms with Crippen LogP contribution in [0.25, 0.3) is 0 Å². The average molecular weight is 374 g/mol. The van der Waals surface area contributed by atoms with Crippen LogP contribution >= 0.6 is 31.9 Å². The molecule has 1 amide bonds. The summed E-state index contributed by atoms with van der Waals surface area (Å²) in [5.41, 5.74) is 0.516. The van der Waals surface area contributed by atoms with Crippen molar-refractivity contribution < 1.29 is 9.18 Å². The summed E-state index contributed by atoms with van der Waals surface area (Å²) in [6.07, 6.45) is 3.09. The van der Waals surface area contributed by atoms with Gasteiger partial charge in [-0.2, -0.15) is 0 Å². The standard InChI is InChI=1S/C12H7Br2FN2O/c13-8-3-1-2-7(11(8)15)12(18)17-10-4-5-16-6-9(10)14/h1-6H,(H,16,17,18). The molecule has 0 aliphatic rings. The fourth-order valence-electron chi connectivity index (χ4n) is 1.35. The Bertz CT molecular complexity index is 604. The minimum atomic E-state index is -0.583. The number of carbonyl (C=O) groups is 1. The van der Waals surface area contributed by atoms with Gasteiger partial charge in [0.25, 0.3) is 5.91 Å². The second kappa shape index (κ2) is 5.58. The summed E-state index contributed by atoms with van der Waals surface area (Å²) in [6.45, 7) is 0. The Morgan fingerprint density at radius 3 is 2.72 bits per heavy atom. The Morgan fingerprint density at radius 1 is 1.22 bits per heavy atom. The summed E-state index contributed by atoms with van der Waals surface area (Å²) < 4.78 is 14.6. The van der Waals surface area contributed by atoms with Crippen molar-refractivity contribution in [3.8, 4) is 0 Å². The molecule has 92 valence electrons. The van der Waals surface area contributed by atoms with E-state index >= 15 is 0 Å². The normalized spacial score (nSPS) is 10.2. The van der Waals surface area contributed by atoms with E-state index in [1.54, 1.807) is 18.3 Å². The lowest BCUT2D eigenvalue weighted by Crippen LogP contribution is -2.14. The topological polar surface area (TPSA) is 42.0 Å². The lowest BCUT2D eigenvalue weighted by molar-refractivity contribution is 0.102. The van der Waals surface area contributed by atoms with Crippen LogP contribution in [0.3, 0.4) is 0 Å². The highest BCUT2D eigenvalue weighted by molar-refractivity contribution is 9.10. The van der Waals surface area contributed by atoms with E-state index in [-0.39, 0.29) is 10.0 Å². The molecule has 1 aromatic carbocycles. The monoisotopic (exact) mass is 372 g/mol. The van der Waals surface area contributed by atoms with Crippen LogP contribution in [0.1, 0.15) is 10.4 Å². The van der Waals surface area contributed by atoms with Gasteiger partial charge in [0.05, 0.1) is 20.2 Å². The first kappa shape index (κ1) is 13.2. The molecule has 18 heavy (non-hydrogen) atoms. The number of aromatic nitrogens is 1. The zero-order valence-electron chi connectivity index (χ0n) is 8.95. The maximum Gasteiger partial charge on any atom is 0.258 e. The second-order valence-electron chi connectivity index (χ2n) is 3.41. The molecule has 0 bridgehead atoms. The van der Waals surface area contributed by atoms with Crippen LogP contribution in [0.15, 0.2) is 45.6 Å². The molecule has 1 N–H and O–H groups in total. The van der Waals surface area contributed by atoms with Gasteiger partial charge in [0, 0.05) is 12.4 Å².